The Balaban J connectivity index is 3.12. The van der Waals surface area contributed by atoms with Crippen molar-refractivity contribution in [1.29, 1.82) is 0 Å². The van der Waals surface area contributed by atoms with Crippen molar-refractivity contribution in [2.75, 3.05) is 19.6 Å². The third-order valence-corrected chi connectivity index (χ3v) is 1.16. The van der Waals surface area contributed by atoms with E-state index in [0.717, 1.165) is 0 Å². The number of terminal acetylenes is 1. The first-order valence-electron chi connectivity index (χ1n) is 3.80. The van der Waals surface area contributed by atoms with Gasteiger partial charge in [0, 0.05) is 19.6 Å². The fraction of sp³-hybridized carbons (Fsp3) is 0.625. The lowest BCUT2D eigenvalue weighted by Crippen LogP contribution is -2.33. The van der Waals surface area contributed by atoms with Crippen LogP contribution in [0.4, 0.5) is 0 Å². The smallest absolute Gasteiger partial charge is 0.295 e. The maximum atomic E-state index is 10.5. The molecular formula is C8H14N2O2. The molecule has 0 radical (unpaired) electrons. The first-order chi connectivity index (χ1) is 5.66. The number of hydrogen-bond donors (Lipinski definition) is 3. The summed E-state index contributed by atoms with van der Waals surface area (Å²) in [5.41, 5.74) is 0. The summed E-state index contributed by atoms with van der Waals surface area (Å²) in [5.74, 6) is 1.53. The molecule has 0 heterocycles. The molecule has 1 atom stereocenters. The zero-order chi connectivity index (χ0) is 9.40. The van der Waals surface area contributed by atoms with E-state index in [-0.39, 0.29) is 6.10 Å². The number of aliphatic hydroxyl groups is 1. The summed E-state index contributed by atoms with van der Waals surface area (Å²) in [6, 6.07) is 0. The lowest BCUT2D eigenvalue weighted by molar-refractivity contribution is -0.115. The molecular weight excluding hydrogens is 156 g/mol. The van der Waals surface area contributed by atoms with Crippen LogP contribution in [0.1, 0.15) is 6.92 Å². The second-order valence-electron chi connectivity index (χ2n) is 2.45. The van der Waals surface area contributed by atoms with E-state index in [1.54, 1.807) is 6.92 Å². The van der Waals surface area contributed by atoms with Crippen molar-refractivity contribution in [1.82, 2.24) is 10.6 Å². The van der Waals surface area contributed by atoms with Gasteiger partial charge in [0.05, 0.1) is 6.10 Å². The number of hydrogen-bond acceptors (Lipinski definition) is 3. The maximum absolute atomic E-state index is 10.5. The SMILES string of the molecule is C#CC(=O)NCCNCC(C)O. The summed E-state index contributed by atoms with van der Waals surface area (Å²) < 4.78 is 0. The van der Waals surface area contributed by atoms with Crippen molar-refractivity contribution in [2.24, 2.45) is 0 Å². The zero-order valence-electron chi connectivity index (χ0n) is 7.13. The van der Waals surface area contributed by atoms with Gasteiger partial charge in [-0.2, -0.15) is 0 Å². The molecule has 0 bridgehead atoms. The van der Waals surface area contributed by atoms with Gasteiger partial charge in [0.15, 0.2) is 0 Å². The molecule has 4 heteroatoms. The number of amides is 1. The highest BCUT2D eigenvalue weighted by Crippen LogP contribution is 1.72. The molecule has 1 amide bonds. The molecule has 0 saturated carbocycles. The Morgan fingerprint density at radius 1 is 1.67 bits per heavy atom. The van der Waals surface area contributed by atoms with E-state index in [2.05, 4.69) is 10.6 Å². The molecule has 0 aliphatic rings. The van der Waals surface area contributed by atoms with Crippen LogP contribution in [0.25, 0.3) is 0 Å². The lowest BCUT2D eigenvalue weighted by atomic mass is 10.4. The van der Waals surface area contributed by atoms with E-state index in [9.17, 15) is 4.79 Å². The van der Waals surface area contributed by atoms with E-state index < -0.39 is 5.91 Å². The Labute approximate surface area is 72.3 Å². The summed E-state index contributed by atoms with van der Waals surface area (Å²) >= 11 is 0. The molecule has 0 aliphatic carbocycles. The number of carbonyl (C=O) groups excluding carboxylic acids is 1. The maximum Gasteiger partial charge on any atom is 0.295 e. The van der Waals surface area contributed by atoms with E-state index in [4.69, 9.17) is 11.5 Å². The lowest BCUT2D eigenvalue weighted by Gasteiger charge is -2.06. The first kappa shape index (κ1) is 11.0. The van der Waals surface area contributed by atoms with E-state index >= 15 is 0 Å². The minimum atomic E-state index is -0.408. The highest BCUT2D eigenvalue weighted by molar-refractivity contribution is 5.92. The second-order valence-corrected chi connectivity index (χ2v) is 2.45. The first-order valence-corrected chi connectivity index (χ1v) is 3.80. The number of rotatable bonds is 5. The normalized spacial score (nSPS) is 11.8. The number of nitrogens with one attached hydrogen (secondary N) is 2. The summed E-state index contributed by atoms with van der Waals surface area (Å²) in [6.45, 7) is 3.30. The van der Waals surface area contributed by atoms with Crippen LogP contribution in [0.5, 0.6) is 0 Å². The fourth-order valence-electron chi connectivity index (χ4n) is 0.626. The average molecular weight is 170 g/mol. The molecule has 0 aromatic rings. The predicted molar refractivity (Wildman–Crippen MR) is 46.4 cm³/mol. The monoisotopic (exact) mass is 170 g/mol. The molecule has 0 spiro atoms. The van der Waals surface area contributed by atoms with Gasteiger partial charge >= 0.3 is 0 Å². The van der Waals surface area contributed by atoms with Crippen LogP contribution in [0.3, 0.4) is 0 Å². The van der Waals surface area contributed by atoms with Crippen molar-refractivity contribution in [3.05, 3.63) is 0 Å². The molecule has 0 rings (SSSR count). The van der Waals surface area contributed by atoms with Gasteiger partial charge in [-0.25, -0.2) is 0 Å². The molecule has 0 aromatic heterocycles. The number of aliphatic hydroxyl groups excluding tert-OH is 1. The van der Waals surface area contributed by atoms with Crippen LogP contribution in [-0.2, 0) is 4.79 Å². The summed E-state index contributed by atoms with van der Waals surface area (Å²) in [6.07, 6.45) is 4.45. The summed E-state index contributed by atoms with van der Waals surface area (Å²) in [4.78, 5) is 10.5. The van der Waals surface area contributed by atoms with Crippen molar-refractivity contribution in [3.63, 3.8) is 0 Å². The predicted octanol–water partition coefficient (Wildman–Crippen LogP) is -1.29. The molecule has 0 aromatic carbocycles. The fourth-order valence-corrected chi connectivity index (χ4v) is 0.626. The van der Waals surface area contributed by atoms with Gasteiger partial charge in [-0.15, -0.1) is 6.42 Å². The van der Waals surface area contributed by atoms with E-state index in [0.29, 0.717) is 19.6 Å². The van der Waals surface area contributed by atoms with E-state index in [1.165, 1.54) is 0 Å². The standard InChI is InChI=1S/C8H14N2O2/c1-3-8(12)10-5-4-9-6-7(2)11/h1,7,9,11H,4-6H2,2H3,(H,10,12). The van der Waals surface area contributed by atoms with Gasteiger partial charge in [-0.1, -0.05) is 0 Å². The average Bonchev–Trinajstić information content (AvgIpc) is 2.03. The Hall–Kier alpha value is -1.05. The molecule has 68 valence electrons. The molecule has 0 fully saturated rings. The van der Waals surface area contributed by atoms with Crippen LogP contribution in [0.2, 0.25) is 0 Å². The summed E-state index contributed by atoms with van der Waals surface area (Å²) in [7, 11) is 0. The molecule has 0 saturated heterocycles. The molecule has 4 nitrogen and oxygen atoms in total. The molecule has 3 N–H and O–H groups in total. The Bertz CT molecular complexity index is 172. The molecule has 0 aliphatic heterocycles. The van der Waals surface area contributed by atoms with Crippen molar-refractivity contribution in [3.8, 4) is 12.3 Å². The van der Waals surface area contributed by atoms with E-state index in [1.807, 2.05) is 5.92 Å². The van der Waals surface area contributed by atoms with Crippen molar-refractivity contribution >= 4 is 5.91 Å². The van der Waals surface area contributed by atoms with Gasteiger partial charge in [-0.05, 0) is 12.8 Å². The minimum Gasteiger partial charge on any atom is -0.392 e. The quantitative estimate of drug-likeness (QED) is 0.355. The number of carbonyl (C=O) groups is 1. The molecule has 12 heavy (non-hydrogen) atoms. The van der Waals surface area contributed by atoms with Crippen molar-refractivity contribution in [2.45, 2.75) is 13.0 Å². The van der Waals surface area contributed by atoms with Gasteiger partial charge in [0.25, 0.3) is 5.91 Å². The van der Waals surface area contributed by atoms with Gasteiger partial charge < -0.3 is 15.7 Å². The van der Waals surface area contributed by atoms with Gasteiger partial charge in [0.2, 0.25) is 0 Å². The Morgan fingerprint density at radius 2 is 2.33 bits per heavy atom. The summed E-state index contributed by atoms with van der Waals surface area (Å²) in [5, 5.41) is 14.2. The third-order valence-electron chi connectivity index (χ3n) is 1.16. The topological polar surface area (TPSA) is 61.4 Å². The highest BCUT2D eigenvalue weighted by Gasteiger charge is 1.94. The Morgan fingerprint density at radius 3 is 2.83 bits per heavy atom. The van der Waals surface area contributed by atoms with Gasteiger partial charge in [-0.3, -0.25) is 4.79 Å². The molecule has 1 unspecified atom stereocenters. The van der Waals surface area contributed by atoms with Crippen LogP contribution < -0.4 is 10.6 Å². The van der Waals surface area contributed by atoms with Crippen LogP contribution in [0.15, 0.2) is 0 Å². The van der Waals surface area contributed by atoms with Crippen LogP contribution in [0, 0.1) is 12.3 Å². The Kier molecular flexibility index (Phi) is 6.07. The minimum absolute atomic E-state index is 0.367. The second kappa shape index (κ2) is 6.65. The zero-order valence-corrected chi connectivity index (χ0v) is 7.13. The van der Waals surface area contributed by atoms with Crippen LogP contribution >= 0.6 is 0 Å². The highest BCUT2D eigenvalue weighted by atomic mass is 16.3. The van der Waals surface area contributed by atoms with Crippen LogP contribution in [-0.4, -0.2) is 36.8 Å². The van der Waals surface area contributed by atoms with Crippen molar-refractivity contribution < 1.29 is 9.90 Å². The largest absolute Gasteiger partial charge is 0.392 e. The third kappa shape index (κ3) is 7.06. The van der Waals surface area contributed by atoms with Gasteiger partial charge in [0.1, 0.15) is 0 Å².